The first-order valence-electron chi connectivity index (χ1n) is 18.0. The Balaban J connectivity index is 0.000000212. The fourth-order valence-corrected chi connectivity index (χ4v) is 7.33. The van der Waals surface area contributed by atoms with E-state index in [0.717, 1.165) is 26.7 Å². The molecular formula is C44H45BrF2N2O6. The van der Waals surface area contributed by atoms with Crippen LogP contribution in [0.15, 0.2) is 127 Å². The smallest absolute Gasteiger partial charge is 0.411 e. The molecule has 2 saturated heterocycles. The maximum Gasteiger partial charge on any atom is 0.411 e. The summed E-state index contributed by atoms with van der Waals surface area (Å²) in [6, 6.07) is 26.7. The number of hydrogen-bond acceptors (Lipinski definition) is 6. The van der Waals surface area contributed by atoms with Crippen LogP contribution in [0, 0.1) is 11.6 Å². The number of carbonyl (C=O) groups excluding carboxylic acids is 3. The lowest BCUT2D eigenvalue weighted by Crippen LogP contribution is -2.48. The largest absolute Gasteiger partial charge is 0.465 e. The molecule has 2 heterocycles. The summed E-state index contributed by atoms with van der Waals surface area (Å²) in [7, 11) is 1.33. The van der Waals surface area contributed by atoms with E-state index in [1.807, 2.05) is 38.1 Å². The van der Waals surface area contributed by atoms with Crippen molar-refractivity contribution in [1.29, 1.82) is 0 Å². The third kappa shape index (κ3) is 9.33. The fraction of sp³-hybridized carbons (Fsp3) is 0.295. The Kier molecular flexibility index (Phi) is 13.3. The molecule has 2 fully saturated rings. The number of benzene rings is 4. The van der Waals surface area contributed by atoms with Crippen molar-refractivity contribution in [2.45, 2.75) is 62.8 Å². The van der Waals surface area contributed by atoms with Gasteiger partial charge in [0.15, 0.2) is 0 Å². The first kappa shape index (κ1) is 40.9. The van der Waals surface area contributed by atoms with Gasteiger partial charge in [-0.2, -0.15) is 0 Å². The summed E-state index contributed by atoms with van der Waals surface area (Å²) in [5.41, 5.74) is 2.28. The van der Waals surface area contributed by atoms with E-state index >= 15 is 0 Å². The Morgan fingerprint density at radius 1 is 0.727 bits per heavy atom. The minimum atomic E-state index is -0.850. The Morgan fingerprint density at radius 3 is 1.45 bits per heavy atom. The van der Waals surface area contributed by atoms with E-state index in [2.05, 4.69) is 29.1 Å². The minimum absolute atomic E-state index is 0.0921. The van der Waals surface area contributed by atoms with Gasteiger partial charge in [-0.1, -0.05) is 76.6 Å². The van der Waals surface area contributed by atoms with Gasteiger partial charge in [-0.05, 0) is 84.6 Å². The predicted molar refractivity (Wildman–Crippen MR) is 210 cm³/mol. The monoisotopic (exact) mass is 814 g/mol. The van der Waals surface area contributed by atoms with Gasteiger partial charge in [0.1, 0.15) is 22.8 Å². The molecule has 4 aromatic carbocycles. The van der Waals surface area contributed by atoms with Crippen molar-refractivity contribution in [1.82, 2.24) is 9.80 Å². The summed E-state index contributed by atoms with van der Waals surface area (Å²) >= 11 is 3.42. The van der Waals surface area contributed by atoms with Crippen LogP contribution < -0.4 is 0 Å². The highest BCUT2D eigenvalue weighted by Gasteiger charge is 2.44. The van der Waals surface area contributed by atoms with Crippen LogP contribution in [0.5, 0.6) is 0 Å². The van der Waals surface area contributed by atoms with Gasteiger partial charge in [-0.3, -0.25) is 0 Å². The van der Waals surface area contributed by atoms with Gasteiger partial charge >= 0.3 is 18.2 Å². The van der Waals surface area contributed by atoms with E-state index in [-0.39, 0.29) is 29.8 Å². The lowest BCUT2D eigenvalue weighted by Gasteiger charge is -2.43. The summed E-state index contributed by atoms with van der Waals surface area (Å²) in [6.07, 6.45) is 4.76. The number of nitrogens with zero attached hydrogens (tertiary/aromatic N) is 2. The minimum Gasteiger partial charge on any atom is -0.465 e. The quantitative estimate of drug-likeness (QED) is 0.0851. The second-order valence-corrected chi connectivity index (χ2v) is 14.5. The van der Waals surface area contributed by atoms with Crippen LogP contribution in [0.1, 0.15) is 84.2 Å². The standard InChI is InChI=1S/C23H24FNO4.C21H21BrFNO2/c1-4-13-23(19-9-11-20(24)12-10-19)14-15-25(22(27)29-23)16(2)17-5-7-18(8-6-17)21(26)28-3;1-3-12-21(17-6-10-19(23)11-7-17)13-14-24(20(25)26-21)15(2)16-4-8-18(22)9-5-16/h4-12,16H,1,13-15H2,2-3H3;3-11,15H,1,12-14H2,2H3/t16-,23+;15-,21+/m00/s1. The zero-order valence-corrected chi connectivity index (χ0v) is 32.8. The molecule has 0 spiro atoms. The van der Waals surface area contributed by atoms with Gasteiger partial charge < -0.3 is 24.0 Å². The molecule has 0 aromatic heterocycles. The molecule has 4 aromatic rings. The van der Waals surface area contributed by atoms with Crippen LogP contribution >= 0.6 is 15.9 Å². The highest BCUT2D eigenvalue weighted by molar-refractivity contribution is 9.10. The molecular weight excluding hydrogens is 770 g/mol. The maximum absolute atomic E-state index is 13.3. The predicted octanol–water partition coefficient (Wildman–Crippen LogP) is 11.0. The number of esters is 1. The number of halogens is 3. The zero-order valence-electron chi connectivity index (χ0n) is 31.2. The summed E-state index contributed by atoms with van der Waals surface area (Å²) in [5, 5.41) is 0. The lowest BCUT2D eigenvalue weighted by atomic mass is 9.85. The second-order valence-electron chi connectivity index (χ2n) is 13.6. The van der Waals surface area contributed by atoms with Gasteiger partial charge in [0.2, 0.25) is 0 Å². The molecule has 0 radical (unpaired) electrons. The van der Waals surface area contributed by atoms with E-state index in [1.54, 1.807) is 70.5 Å². The van der Waals surface area contributed by atoms with Crippen molar-refractivity contribution in [2.24, 2.45) is 0 Å². The van der Waals surface area contributed by atoms with Crippen molar-refractivity contribution >= 4 is 34.1 Å². The number of rotatable bonds is 11. The van der Waals surface area contributed by atoms with E-state index in [4.69, 9.17) is 14.2 Å². The van der Waals surface area contributed by atoms with Crippen LogP contribution in [0.3, 0.4) is 0 Å². The van der Waals surface area contributed by atoms with Crippen molar-refractivity contribution in [3.05, 3.63) is 166 Å². The van der Waals surface area contributed by atoms with Crippen LogP contribution in [-0.4, -0.2) is 48.2 Å². The van der Waals surface area contributed by atoms with E-state index in [9.17, 15) is 23.2 Å². The first-order valence-corrected chi connectivity index (χ1v) is 18.8. The summed E-state index contributed by atoms with van der Waals surface area (Å²) in [6.45, 7) is 12.5. The van der Waals surface area contributed by atoms with Crippen molar-refractivity contribution in [2.75, 3.05) is 20.2 Å². The molecule has 0 bridgehead atoms. The maximum atomic E-state index is 13.3. The molecule has 0 N–H and O–H groups in total. The zero-order chi connectivity index (χ0) is 39.8. The average molecular weight is 816 g/mol. The van der Waals surface area contributed by atoms with Crippen LogP contribution in [-0.2, 0) is 25.4 Å². The number of cyclic esters (lactones) is 2. The van der Waals surface area contributed by atoms with Gasteiger partial charge in [0, 0.05) is 43.2 Å². The van der Waals surface area contributed by atoms with E-state index in [0.29, 0.717) is 44.3 Å². The molecule has 0 saturated carbocycles. The summed E-state index contributed by atoms with van der Waals surface area (Å²) in [5.74, 6) is -1.06. The summed E-state index contributed by atoms with van der Waals surface area (Å²) < 4.78 is 44.1. The van der Waals surface area contributed by atoms with Gasteiger partial charge in [-0.15, -0.1) is 13.2 Å². The first-order chi connectivity index (χ1) is 26.3. The van der Waals surface area contributed by atoms with E-state index < -0.39 is 23.3 Å². The van der Waals surface area contributed by atoms with Crippen molar-refractivity contribution in [3.8, 4) is 0 Å². The number of carbonyl (C=O) groups is 3. The Bertz CT molecular complexity index is 1970. The fourth-order valence-electron chi connectivity index (χ4n) is 7.06. The third-order valence-electron chi connectivity index (χ3n) is 10.3. The normalized spacial score (nSPS) is 20.5. The van der Waals surface area contributed by atoms with Crippen LogP contribution in [0.2, 0.25) is 0 Å². The topological polar surface area (TPSA) is 85.4 Å². The molecule has 6 rings (SSSR count). The molecule has 0 aliphatic carbocycles. The number of ether oxygens (including phenoxy) is 3. The summed E-state index contributed by atoms with van der Waals surface area (Å²) in [4.78, 5) is 40.7. The molecule has 55 heavy (non-hydrogen) atoms. The Labute approximate surface area is 329 Å². The van der Waals surface area contributed by atoms with Gasteiger partial charge in [0.05, 0.1) is 24.8 Å². The van der Waals surface area contributed by atoms with Crippen LogP contribution in [0.4, 0.5) is 18.4 Å². The van der Waals surface area contributed by atoms with Crippen molar-refractivity contribution in [3.63, 3.8) is 0 Å². The molecule has 288 valence electrons. The molecule has 2 aliphatic heterocycles. The average Bonchev–Trinajstić information content (AvgIpc) is 3.18. The van der Waals surface area contributed by atoms with Crippen molar-refractivity contribution < 1.29 is 37.4 Å². The van der Waals surface area contributed by atoms with E-state index in [1.165, 1.54) is 31.4 Å². The third-order valence-corrected chi connectivity index (χ3v) is 10.9. The lowest BCUT2D eigenvalue weighted by molar-refractivity contribution is -0.0595. The highest BCUT2D eigenvalue weighted by Crippen LogP contribution is 2.41. The number of hydrogen-bond donors (Lipinski definition) is 0. The SMILES string of the molecule is C=CC[C@]1(c2ccc(F)cc2)CCN([C@@H](C)c2ccc(Br)cc2)C(=O)O1.C=CC[C@]1(c2ccc(F)cc2)CCN([C@@H](C)c2ccc(C(=O)OC)cc2)C(=O)O1. The second kappa shape index (κ2) is 17.9. The molecule has 0 unspecified atom stereocenters. The Morgan fingerprint density at radius 2 is 1.11 bits per heavy atom. The highest BCUT2D eigenvalue weighted by atomic mass is 79.9. The van der Waals surface area contributed by atoms with Gasteiger partial charge in [-0.25, -0.2) is 23.2 Å². The van der Waals surface area contributed by atoms with Crippen LogP contribution in [0.25, 0.3) is 0 Å². The molecule has 11 heteroatoms. The van der Waals surface area contributed by atoms with Gasteiger partial charge in [0.25, 0.3) is 0 Å². The Hall–Kier alpha value is -5.29. The molecule has 2 aliphatic rings. The molecule has 2 amide bonds. The number of amides is 2. The molecule has 4 atom stereocenters. The number of methoxy groups -OCH3 is 1. The molecule has 8 nitrogen and oxygen atoms in total.